The zero-order valence-corrected chi connectivity index (χ0v) is 16.0. The first-order valence-electron chi connectivity index (χ1n) is 8.94. The Morgan fingerprint density at radius 2 is 2.00 bits per heavy atom. The van der Waals surface area contributed by atoms with E-state index in [4.69, 9.17) is 9.47 Å². The van der Waals surface area contributed by atoms with Gasteiger partial charge in [-0.05, 0) is 51.0 Å². The van der Waals surface area contributed by atoms with E-state index < -0.39 is 0 Å². The number of rotatable bonds is 8. The average molecular weight is 356 g/mol. The Bertz CT molecular complexity index is 714. The van der Waals surface area contributed by atoms with E-state index in [0.29, 0.717) is 18.9 Å². The number of methoxy groups -OCH3 is 1. The molecule has 26 heavy (non-hydrogen) atoms. The molecular weight excluding hydrogens is 328 g/mol. The van der Waals surface area contributed by atoms with Crippen molar-refractivity contribution in [1.82, 2.24) is 10.3 Å². The predicted octanol–water partition coefficient (Wildman–Crippen LogP) is 3.42. The molecule has 140 valence electrons. The molecule has 0 fully saturated rings. The van der Waals surface area contributed by atoms with E-state index in [2.05, 4.69) is 26.7 Å². The first kappa shape index (κ1) is 19.6. The number of anilines is 1. The third kappa shape index (κ3) is 5.95. The van der Waals surface area contributed by atoms with Crippen LogP contribution in [0.15, 0.2) is 41.5 Å². The van der Waals surface area contributed by atoms with Crippen molar-refractivity contribution in [1.29, 1.82) is 0 Å². The van der Waals surface area contributed by atoms with Gasteiger partial charge in [0.25, 0.3) is 0 Å². The van der Waals surface area contributed by atoms with Crippen LogP contribution in [-0.2, 0) is 6.42 Å². The van der Waals surface area contributed by atoms with Crippen LogP contribution in [0, 0.1) is 6.92 Å². The van der Waals surface area contributed by atoms with Gasteiger partial charge in [0, 0.05) is 36.7 Å². The van der Waals surface area contributed by atoms with Gasteiger partial charge in [-0.3, -0.25) is 9.98 Å². The fraction of sp³-hybridized carbons (Fsp3) is 0.400. The first-order chi connectivity index (χ1) is 12.7. The molecule has 1 aromatic carbocycles. The highest BCUT2D eigenvalue weighted by Gasteiger charge is 2.07. The number of aliphatic imine (C=N–C) groups is 1. The largest absolute Gasteiger partial charge is 0.493 e. The lowest BCUT2D eigenvalue weighted by Crippen LogP contribution is -2.30. The number of aromatic nitrogens is 1. The molecular formula is C20H28N4O2. The molecule has 2 aromatic rings. The number of benzene rings is 1. The van der Waals surface area contributed by atoms with Gasteiger partial charge in [-0.1, -0.05) is 6.07 Å². The number of aryl methyl sites for hydroxylation is 1. The standard InChI is InChI=1S/C20H28N4O2/c1-5-21-20(22-12-11-16-8-7-15(3)23-14-16)24-17-9-10-18(26-6-2)19(13-17)25-4/h7-10,13-14H,5-6,11-12H2,1-4H3,(H2,21,22,24). The van der Waals surface area contributed by atoms with Gasteiger partial charge in [-0.15, -0.1) is 0 Å². The van der Waals surface area contributed by atoms with E-state index in [9.17, 15) is 0 Å². The molecule has 6 nitrogen and oxygen atoms in total. The fourth-order valence-electron chi connectivity index (χ4n) is 2.41. The summed E-state index contributed by atoms with van der Waals surface area (Å²) in [7, 11) is 1.64. The van der Waals surface area contributed by atoms with Gasteiger partial charge in [0.15, 0.2) is 17.5 Å². The lowest BCUT2D eigenvalue weighted by molar-refractivity contribution is 0.311. The zero-order valence-electron chi connectivity index (χ0n) is 16.0. The Balaban J connectivity index is 2.03. The van der Waals surface area contributed by atoms with Crippen LogP contribution < -0.4 is 20.1 Å². The highest BCUT2D eigenvalue weighted by Crippen LogP contribution is 2.30. The Labute approximate surface area is 155 Å². The maximum absolute atomic E-state index is 5.55. The number of guanidine groups is 1. The van der Waals surface area contributed by atoms with Crippen LogP contribution in [0.2, 0.25) is 0 Å². The number of nitrogens with zero attached hydrogens (tertiary/aromatic N) is 2. The van der Waals surface area contributed by atoms with E-state index in [1.165, 1.54) is 5.56 Å². The molecule has 6 heteroatoms. The second-order valence-electron chi connectivity index (χ2n) is 5.74. The number of ether oxygens (including phenoxy) is 2. The van der Waals surface area contributed by atoms with Gasteiger partial charge in [0.2, 0.25) is 0 Å². The summed E-state index contributed by atoms with van der Waals surface area (Å²) in [5.41, 5.74) is 3.09. The van der Waals surface area contributed by atoms with Crippen molar-refractivity contribution < 1.29 is 9.47 Å². The van der Waals surface area contributed by atoms with Crippen molar-refractivity contribution in [2.24, 2.45) is 4.99 Å². The van der Waals surface area contributed by atoms with Crippen LogP contribution in [0.25, 0.3) is 0 Å². The summed E-state index contributed by atoms with van der Waals surface area (Å²) >= 11 is 0. The van der Waals surface area contributed by atoms with Crippen LogP contribution in [-0.4, -0.2) is 37.7 Å². The highest BCUT2D eigenvalue weighted by molar-refractivity contribution is 5.93. The lowest BCUT2D eigenvalue weighted by atomic mass is 10.2. The topological polar surface area (TPSA) is 67.8 Å². The summed E-state index contributed by atoms with van der Waals surface area (Å²) in [5.74, 6) is 2.16. The lowest BCUT2D eigenvalue weighted by Gasteiger charge is -2.14. The predicted molar refractivity (Wildman–Crippen MR) is 106 cm³/mol. The van der Waals surface area contributed by atoms with Crippen LogP contribution in [0.3, 0.4) is 0 Å². The Morgan fingerprint density at radius 1 is 1.15 bits per heavy atom. The maximum Gasteiger partial charge on any atom is 0.195 e. The minimum absolute atomic E-state index is 0.598. The zero-order chi connectivity index (χ0) is 18.8. The molecule has 0 saturated heterocycles. The molecule has 0 aliphatic rings. The SMILES string of the molecule is CCNC(=NCCc1ccc(C)nc1)Nc1ccc(OCC)c(OC)c1. The third-order valence-corrected chi connectivity index (χ3v) is 3.71. The third-order valence-electron chi connectivity index (χ3n) is 3.71. The summed E-state index contributed by atoms with van der Waals surface area (Å²) in [6.07, 6.45) is 2.75. The summed E-state index contributed by atoms with van der Waals surface area (Å²) in [6, 6.07) is 9.86. The molecule has 2 N–H and O–H groups in total. The molecule has 0 aliphatic carbocycles. The average Bonchev–Trinajstić information content (AvgIpc) is 2.65. The van der Waals surface area contributed by atoms with E-state index >= 15 is 0 Å². The molecule has 0 radical (unpaired) electrons. The minimum Gasteiger partial charge on any atom is -0.493 e. The van der Waals surface area contributed by atoms with Gasteiger partial charge in [0.1, 0.15) is 0 Å². The van der Waals surface area contributed by atoms with Crippen LogP contribution in [0.5, 0.6) is 11.5 Å². The first-order valence-corrected chi connectivity index (χ1v) is 8.94. The molecule has 0 amide bonds. The van der Waals surface area contributed by atoms with Crippen molar-refractivity contribution >= 4 is 11.6 Å². The number of nitrogens with one attached hydrogen (secondary N) is 2. The smallest absolute Gasteiger partial charge is 0.195 e. The molecule has 1 heterocycles. The molecule has 0 saturated carbocycles. The Morgan fingerprint density at radius 3 is 2.65 bits per heavy atom. The van der Waals surface area contributed by atoms with Crippen molar-refractivity contribution in [3.63, 3.8) is 0 Å². The van der Waals surface area contributed by atoms with Crippen LogP contribution >= 0.6 is 0 Å². The van der Waals surface area contributed by atoms with Crippen LogP contribution in [0.4, 0.5) is 5.69 Å². The normalized spacial score (nSPS) is 11.2. The Kier molecular flexibility index (Phi) is 7.74. The summed E-state index contributed by atoms with van der Waals surface area (Å²) in [5, 5.41) is 6.56. The highest BCUT2D eigenvalue weighted by atomic mass is 16.5. The van der Waals surface area contributed by atoms with Crippen molar-refractivity contribution in [3.8, 4) is 11.5 Å². The molecule has 0 bridgehead atoms. The van der Waals surface area contributed by atoms with Crippen molar-refractivity contribution in [2.75, 3.05) is 32.1 Å². The molecule has 0 aliphatic heterocycles. The summed E-state index contributed by atoms with van der Waals surface area (Å²) < 4.78 is 10.9. The van der Waals surface area contributed by atoms with Crippen molar-refractivity contribution in [2.45, 2.75) is 27.2 Å². The molecule has 0 atom stereocenters. The monoisotopic (exact) mass is 356 g/mol. The fourth-order valence-corrected chi connectivity index (χ4v) is 2.41. The number of hydrogen-bond donors (Lipinski definition) is 2. The van der Waals surface area contributed by atoms with Gasteiger partial charge in [0.05, 0.1) is 13.7 Å². The van der Waals surface area contributed by atoms with Gasteiger partial charge in [-0.2, -0.15) is 0 Å². The van der Waals surface area contributed by atoms with Crippen LogP contribution in [0.1, 0.15) is 25.1 Å². The van der Waals surface area contributed by atoms with Crippen molar-refractivity contribution in [3.05, 3.63) is 47.8 Å². The van der Waals surface area contributed by atoms with E-state index in [1.807, 2.05) is 51.2 Å². The second-order valence-corrected chi connectivity index (χ2v) is 5.74. The molecule has 0 unspecified atom stereocenters. The van der Waals surface area contributed by atoms with E-state index in [1.54, 1.807) is 7.11 Å². The molecule has 2 rings (SSSR count). The summed E-state index contributed by atoms with van der Waals surface area (Å²) in [6.45, 7) is 8.03. The van der Waals surface area contributed by atoms with E-state index in [0.717, 1.165) is 36.1 Å². The minimum atomic E-state index is 0.598. The van der Waals surface area contributed by atoms with E-state index in [-0.39, 0.29) is 0 Å². The Hall–Kier alpha value is -2.76. The van der Waals surface area contributed by atoms with Gasteiger partial charge < -0.3 is 20.1 Å². The number of hydrogen-bond acceptors (Lipinski definition) is 4. The maximum atomic E-state index is 5.55. The summed E-state index contributed by atoms with van der Waals surface area (Å²) in [4.78, 5) is 8.95. The second kappa shape index (κ2) is 10.3. The van der Waals surface area contributed by atoms with Gasteiger partial charge >= 0.3 is 0 Å². The van der Waals surface area contributed by atoms with Gasteiger partial charge in [-0.25, -0.2) is 0 Å². The quantitative estimate of drug-likeness (QED) is 0.560. The number of pyridine rings is 1. The molecule has 0 spiro atoms. The molecule has 1 aromatic heterocycles.